The summed E-state index contributed by atoms with van der Waals surface area (Å²) in [7, 11) is 1.75. The van der Waals surface area contributed by atoms with E-state index in [1.54, 1.807) is 11.9 Å². The van der Waals surface area contributed by atoms with Crippen molar-refractivity contribution in [3.63, 3.8) is 0 Å². The Morgan fingerprint density at radius 1 is 1.65 bits per heavy atom. The Morgan fingerprint density at radius 2 is 2.45 bits per heavy atom. The van der Waals surface area contributed by atoms with Crippen molar-refractivity contribution in [3.05, 3.63) is 16.1 Å². The minimum absolute atomic E-state index is 0.0524. The number of carbonyl (C=O) groups excluding carboxylic acids is 1. The van der Waals surface area contributed by atoms with Crippen molar-refractivity contribution in [2.75, 3.05) is 26.8 Å². The molecule has 8 heteroatoms. The predicted molar refractivity (Wildman–Crippen MR) is 73.2 cm³/mol. The van der Waals surface area contributed by atoms with Crippen molar-refractivity contribution in [2.24, 2.45) is 0 Å². The van der Waals surface area contributed by atoms with Gasteiger partial charge < -0.3 is 20.1 Å². The number of amides is 2. The summed E-state index contributed by atoms with van der Waals surface area (Å²) in [6.07, 6.45) is 1.39. The lowest BCUT2D eigenvalue weighted by atomic mass is 10.2. The van der Waals surface area contributed by atoms with Gasteiger partial charge in [-0.15, -0.1) is 11.3 Å². The van der Waals surface area contributed by atoms with Crippen LogP contribution in [-0.4, -0.2) is 59.8 Å². The summed E-state index contributed by atoms with van der Waals surface area (Å²) in [5.74, 6) is -1.03. The van der Waals surface area contributed by atoms with Gasteiger partial charge in [0.15, 0.2) is 5.69 Å². The Morgan fingerprint density at radius 3 is 3.05 bits per heavy atom. The molecule has 2 heterocycles. The van der Waals surface area contributed by atoms with Gasteiger partial charge in [0.05, 0.1) is 17.7 Å². The summed E-state index contributed by atoms with van der Waals surface area (Å²) in [4.78, 5) is 28.2. The molecule has 1 aromatic rings. The van der Waals surface area contributed by atoms with Crippen molar-refractivity contribution in [3.8, 4) is 0 Å². The zero-order valence-electron chi connectivity index (χ0n) is 11.2. The number of urea groups is 1. The van der Waals surface area contributed by atoms with Crippen LogP contribution < -0.4 is 5.32 Å². The van der Waals surface area contributed by atoms with Crippen LogP contribution in [0.4, 0.5) is 4.79 Å². The highest BCUT2D eigenvalue weighted by molar-refractivity contribution is 7.09. The van der Waals surface area contributed by atoms with E-state index in [-0.39, 0.29) is 17.8 Å². The van der Waals surface area contributed by atoms with Crippen LogP contribution >= 0.6 is 11.3 Å². The van der Waals surface area contributed by atoms with Crippen molar-refractivity contribution in [1.29, 1.82) is 0 Å². The Balaban J connectivity index is 1.74. The van der Waals surface area contributed by atoms with E-state index in [2.05, 4.69) is 10.3 Å². The monoisotopic (exact) mass is 299 g/mol. The summed E-state index contributed by atoms with van der Waals surface area (Å²) in [5, 5.41) is 13.8. The van der Waals surface area contributed by atoms with E-state index in [9.17, 15) is 9.59 Å². The Labute approximate surface area is 120 Å². The first-order valence-electron chi connectivity index (χ1n) is 6.34. The van der Waals surface area contributed by atoms with E-state index in [0.717, 1.165) is 6.42 Å². The summed E-state index contributed by atoms with van der Waals surface area (Å²) in [6.45, 7) is 1.71. The van der Waals surface area contributed by atoms with Crippen LogP contribution in [-0.2, 0) is 11.2 Å². The van der Waals surface area contributed by atoms with E-state index >= 15 is 0 Å². The molecular weight excluding hydrogens is 282 g/mol. The van der Waals surface area contributed by atoms with Crippen molar-refractivity contribution in [1.82, 2.24) is 15.2 Å². The third-order valence-corrected chi connectivity index (χ3v) is 4.07. The third kappa shape index (κ3) is 3.67. The number of likely N-dealkylation sites (N-methyl/N-ethyl adjacent to an activating group) is 1. The standard InChI is InChI=1S/C12H17N3O4S/c1-15(8-3-5-19-6-8)12(18)13-4-2-10-14-9(7-20-10)11(16)17/h7-8H,2-6H2,1H3,(H,13,18)(H,16,17). The van der Waals surface area contributed by atoms with Gasteiger partial charge in [-0.05, 0) is 6.42 Å². The number of nitrogens with one attached hydrogen (secondary N) is 1. The Hall–Kier alpha value is -1.67. The van der Waals surface area contributed by atoms with Crippen LogP contribution in [0.1, 0.15) is 21.9 Å². The molecule has 2 rings (SSSR count). The molecule has 1 aliphatic heterocycles. The van der Waals surface area contributed by atoms with Crippen LogP contribution in [0.2, 0.25) is 0 Å². The highest BCUT2D eigenvalue weighted by Crippen LogP contribution is 2.11. The van der Waals surface area contributed by atoms with E-state index in [0.29, 0.717) is 31.2 Å². The van der Waals surface area contributed by atoms with Gasteiger partial charge in [0, 0.05) is 32.0 Å². The first kappa shape index (κ1) is 14.7. The van der Waals surface area contributed by atoms with Gasteiger partial charge in [-0.1, -0.05) is 0 Å². The molecule has 1 fully saturated rings. The van der Waals surface area contributed by atoms with Gasteiger partial charge in [0.2, 0.25) is 0 Å². The molecule has 7 nitrogen and oxygen atoms in total. The molecule has 0 aliphatic carbocycles. The quantitative estimate of drug-likeness (QED) is 0.839. The number of rotatable bonds is 5. The van der Waals surface area contributed by atoms with E-state index in [1.807, 2.05) is 0 Å². The van der Waals surface area contributed by atoms with Crippen LogP contribution in [0, 0.1) is 0 Å². The maximum atomic E-state index is 11.9. The normalized spacial score (nSPS) is 17.9. The fraction of sp³-hybridized carbons (Fsp3) is 0.583. The number of ether oxygens (including phenoxy) is 1. The first-order chi connectivity index (χ1) is 9.58. The molecule has 0 aromatic carbocycles. The number of thiazole rings is 1. The lowest BCUT2D eigenvalue weighted by Crippen LogP contribution is -2.44. The maximum Gasteiger partial charge on any atom is 0.355 e. The second kappa shape index (κ2) is 6.67. The smallest absolute Gasteiger partial charge is 0.355 e. The fourth-order valence-electron chi connectivity index (χ4n) is 1.92. The number of carboxylic acid groups (broad SMARTS) is 1. The number of carboxylic acids is 1. The predicted octanol–water partition coefficient (Wildman–Crippen LogP) is 0.814. The van der Waals surface area contributed by atoms with Crippen molar-refractivity contribution < 1.29 is 19.4 Å². The maximum absolute atomic E-state index is 11.9. The third-order valence-electron chi connectivity index (χ3n) is 3.16. The Bertz CT molecular complexity index is 485. The average molecular weight is 299 g/mol. The topological polar surface area (TPSA) is 91.8 Å². The van der Waals surface area contributed by atoms with Crippen LogP contribution in [0.15, 0.2) is 5.38 Å². The molecule has 1 atom stereocenters. The molecule has 1 aliphatic rings. The molecule has 0 saturated carbocycles. The molecule has 1 unspecified atom stereocenters. The molecule has 1 aromatic heterocycles. The van der Waals surface area contributed by atoms with Crippen molar-refractivity contribution >= 4 is 23.3 Å². The largest absolute Gasteiger partial charge is 0.476 e. The first-order valence-corrected chi connectivity index (χ1v) is 7.22. The van der Waals surface area contributed by atoms with E-state index in [4.69, 9.17) is 9.84 Å². The molecule has 0 spiro atoms. The minimum Gasteiger partial charge on any atom is -0.476 e. The zero-order chi connectivity index (χ0) is 14.5. The van der Waals surface area contributed by atoms with Gasteiger partial charge in [0.25, 0.3) is 0 Å². The minimum atomic E-state index is -1.03. The summed E-state index contributed by atoms with van der Waals surface area (Å²) in [5.41, 5.74) is 0.0524. The molecule has 20 heavy (non-hydrogen) atoms. The molecule has 110 valence electrons. The summed E-state index contributed by atoms with van der Waals surface area (Å²) < 4.78 is 5.24. The second-order valence-corrected chi connectivity index (χ2v) is 5.48. The average Bonchev–Trinajstić information content (AvgIpc) is 3.08. The van der Waals surface area contributed by atoms with Gasteiger partial charge in [-0.3, -0.25) is 0 Å². The number of carbonyl (C=O) groups is 2. The van der Waals surface area contributed by atoms with Gasteiger partial charge in [-0.2, -0.15) is 0 Å². The lowest BCUT2D eigenvalue weighted by molar-refractivity contribution is 0.0691. The van der Waals surface area contributed by atoms with Crippen LogP contribution in [0.25, 0.3) is 0 Å². The van der Waals surface area contributed by atoms with E-state index < -0.39 is 5.97 Å². The van der Waals surface area contributed by atoms with Crippen LogP contribution in [0.5, 0.6) is 0 Å². The molecule has 1 saturated heterocycles. The molecule has 2 amide bonds. The number of aromatic carboxylic acids is 1. The number of nitrogens with zero attached hydrogens (tertiary/aromatic N) is 2. The van der Waals surface area contributed by atoms with Crippen LogP contribution in [0.3, 0.4) is 0 Å². The highest BCUT2D eigenvalue weighted by atomic mass is 32.1. The summed E-state index contributed by atoms with van der Waals surface area (Å²) in [6, 6.07) is -0.0102. The molecule has 0 radical (unpaired) electrons. The number of hydrogen-bond acceptors (Lipinski definition) is 5. The van der Waals surface area contributed by atoms with Gasteiger partial charge in [-0.25, -0.2) is 14.6 Å². The number of hydrogen-bond donors (Lipinski definition) is 2. The van der Waals surface area contributed by atoms with Gasteiger partial charge in [0.1, 0.15) is 0 Å². The molecule has 2 N–H and O–H groups in total. The van der Waals surface area contributed by atoms with Crippen molar-refractivity contribution in [2.45, 2.75) is 18.9 Å². The second-order valence-electron chi connectivity index (χ2n) is 4.54. The fourth-order valence-corrected chi connectivity index (χ4v) is 2.69. The van der Waals surface area contributed by atoms with Gasteiger partial charge >= 0.3 is 12.0 Å². The molecule has 0 bridgehead atoms. The lowest BCUT2D eigenvalue weighted by Gasteiger charge is -2.23. The SMILES string of the molecule is CN(C(=O)NCCc1nc(C(=O)O)cs1)C1CCOC1. The Kier molecular flexibility index (Phi) is 4.91. The zero-order valence-corrected chi connectivity index (χ0v) is 12.0. The summed E-state index contributed by atoms with van der Waals surface area (Å²) >= 11 is 1.29. The van der Waals surface area contributed by atoms with E-state index in [1.165, 1.54) is 16.7 Å². The highest BCUT2D eigenvalue weighted by Gasteiger charge is 2.23. The molecular formula is C12H17N3O4S. The number of aromatic nitrogens is 1.